The van der Waals surface area contributed by atoms with E-state index in [1.807, 2.05) is 86.0 Å². The maximum absolute atomic E-state index is 14.2. The van der Waals surface area contributed by atoms with E-state index in [0.29, 0.717) is 23.4 Å². The summed E-state index contributed by atoms with van der Waals surface area (Å²) in [7, 11) is 0. The summed E-state index contributed by atoms with van der Waals surface area (Å²) in [5, 5.41) is 24.8. The highest BCUT2D eigenvalue weighted by molar-refractivity contribution is 6.12. The molecule has 3 aromatic carbocycles. The van der Waals surface area contributed by atoms with Crippen molar-refractivity contribution in [2.45, 2.75) is 97.0 Å². The number of carbonyl (C=O) groups excluding carboxylic acids is 2. The van der Waals surface area contributed by atoms with Gasteiger partial charge in [-0.2, -0.15) is 0 Å². The van der Waals surface area contributed by atoms with Gasteiger partial charge in [-0.1, -0.05) is 82.1 Å². The van der Waals surface area contributed by atoms with Crippen LogP contribution in [0.1, 0.15) is 88.2 Å². The Labute approximate surface area is 277 Å². The molecule has 0 spiro atoms. The monoisotopic (exact) mass is 642 g/mol. The van der Waals surface area contributed by atoms with E-state index in [1.165, 1.54) is 12.1 Å². The molecule has 0 aliphatic carbocycles. The van der Waals surface area contributed by atoms with E-state index in [4.69, 9.17) is 4.74 Å². The lowest BCUT2D eigenvalue weighted by atomic mass is 9.94. The van der Waals surface area contributed by atoms with E-state index in [9.17, 15) is 24.2 Å². The molecule has 3 N–H and O–H groups in total. The van der Waals surface area contributed by atoms with Gasteiger partial charge in [-0.25, -0.2) is 4.39 Å². The summed E-state index contributed by atoms with van der Waals surface area (Å²) in [6.07, 6.45) is 0.555. The van der Waals surface area contributed by atoms with Gasteiger partial charge in [0, 0.05) is 23.5 Å². The van der Waals surface area contributed by atoms with E-state index in [-0.39, 0.29) is 43.0 Å². The van der Waals surface area contributed by atoms with Crippen molar-refractivity contribution in [3.63, 3.8) is 0 Å². The number of hydrogen-bond acceptors (Lipinski definition) is 5. The molecule has 7 nitrogen and oxygen atoms in total. The van der Waals surface area contributed by atoms with Crippen LogP contribution in [0, 0.1) is 5.82 Å². The first-order chi connectivity index (χ1) is 22.6. The number of para-hydroxylation sites is 1. The largest absolute Gasteiger partial charge is 0.463 e. The number of rotatable bonds is 16. The van der Waals surface area contributed by atoms with Gasteiger partial charge in [-0.15, -0.1) is 0 Å². The number of nitrogens with zero attached hydrogens (tertiary/aromatic N) is 1. The van der Waals surface area contributed by atoms with Gasteiger partial charge in [-0.3, -0.25) is 9.59 Å². The Morgan fingerprint density at radius 2 is 1.49 bits per heavy atom. The highest BCUT2D eigenvalue weighted by Crippen LogP contribution is 2.42. The van der Waals surface area contributed by atoms with Crippen LogP contribution in [0.5, 0.6) is 0 Å². The smallest absolute Gasteiger partial charge is 0.308 e. The maximum Gasteiger partial charge on any atom is 0.308 e. The minimum Gasteiger partial charge on any atom is -0.463 e. The second-order valence-electron chi connectivity index (χ2n) is 12.5. The van der Waals surface area contributed by atoms with Crippen molar-refractivity contribution in [1.82, 2.24) is 4.57 Å². The van der Waals surface area contributed by atoms with E-state index >= 15 is 0 Å². The first kappa shape index (κ1) is 35.6. The number of aliphatic hydroxyl groups is 2. The fourth-order valence-corrected chi connectivity index (χ4v) is 6.02. The Bertz CT molecular complexity index is 1590. The molecule has 3 atom stereocenters. The Balaban J connectivity index is 1.70. The first-order valence-electron chi connectivity index (χ1n) is 16.6. The molecule has 1 heterocycles. The molecule has 0 saturated carbocycles. The Morgan fingerprint density at radius 1 is 0.851 bits per heavy atom. The van der Waals surface area contributed by atoms with Crippen molar-refractivity contribution >= 4 is 17.6 Å². The fraction of sp³-hybridized carbons (Fsp3) is 0.385. The minimum atomic E-state index is -1.06. The number of nitrogens with one attached hydrogen (secondary N) is 1. The summed E-state index contributed by atoms with van der Waals surface area (Å²) in [6, 6.07) is 25.1. The molecule has 4 aromatic rings. The molecule has 1 unspecified atom stereocenters. The highest BCUT2D eigenvalue weighted by atomic mass is 19.1. The van der Waals surface area contributed by atoms with Gasteiger partial charge in [0.2, 0.25) is 0 Å². The van der Waals surface area contributed by atoms with Crippen molar-refractivity contribution in [2.24, 2.45) is 0 Å². The predicted molar refractivity (Wildman–Crippen MR) is 185 cm³/mol. The molecule has 1 amide bonds. The van der Waals surface area contributed by atoms with Gasteiger partial charge >= 0.3 is 5.97 Å². The maximum atomic E-state index is 14.2. The van der Waals surface area contributed by atoms with Crippen molar-refractivity contribution < 1.29 is 28.9 Å². The van der Waals surface area contributed by atoms with Crippen LogP contribution in [0.15, 0.2) is 84.9 Å². The average molecular weight is 643 g/mol. The lowest BCUT2D eigenvalue weighted by Crippen LogP contribution is -2.25. The number of carbonyl (C=O) groups is 2. The van der Waals surface area contributed by atoms with Gasteiger partial charge in [0.1, 0.15) is 5.82 Å². The molecule has 0 aliphatic heterocycles. The van der Waals surface area contributed by atoms with Gasteiger partial charge < -0.3 is 24.8 Å². The molecule has 47 heavy (non-hydrogen) atoms. The molecule has 0 bridgehead atoms. The molecule has 0 radical (unpaired) electrons. The van der Waals surface area contributed by atoms with Gasteiger partial charge in [0.05, 0.1) is 36.0 Å². The standard InChI is InChI=1S/C39H47FN2O5/c1-5-6-13-27(4)47-34(45)25-33(44)24-32(43)22-23-42-37(26(2)3)36(39(46)41-31-16-11-8-12-17-31)35(28-14-9-7-10-15-28)38(42)29-18-20-30(40)21-19-29/h7-12,14-21,26-27,32-33,43-44H,5-6,13,22-25H2,1-4H3,(H,41,46)/t27?,32-,33-/m1/s1. The number of anilines is 1. The first-order valence-corrected chi connectivity index (χ1v) is 16.6. The van der Waals surface area contributed by atoms with Crippen LogP contribution in [0.3, 0.4) is 0 Å². The van der Waals surface area contributed by atoms with Gasteiger partial charge in [-0.05, 0) is 79.6 Å². The third-order valence-corrected chi connectivity index (χ3v) is 8.22. The predicted octanol–water partition coefficient (Wildman–Crippen LogP) is 8.35. The molecule has 250 valence electrons. The third-order valence-electron chi connectivity index (χ3n) is 8.22. The third kappa shape index (κ3) is 9.62. The summed E-state index contributed by atoms with van der Waals surface area (Å²) in [6.45, 7) is 8.26. The fourth-order valence-electron chi connectivity index (χ4n) is 6.02. The van der Waals surface area contributed by atoms with Crippen LogP contribution >= 0.6 is 0 Å². The van der Waals surface area contributed by atoms with Crippen LogP contribution in [0.2, 0.25) is 0 Å². The van der Waals surface area contributed by atoms with Crippen molar-refractivity contribution in [3.8, 4) is 22.4 Å². The zero-order chi connectivity index (χ0) is 33.9. The summed E-state index contributed by atoms with van der Waals surface area (Å²) in [5.74, 6) is -1.23. The Hall–Kier alpha value is -4.27. The summed E-state index contributed by atoms with van der Waals surface area (Å²) in [4.78, 5) is 26.6. The number of hydrogen-bond donors (Lipinski definition) is 3. The minimum absolute atomic E-state index is 0.00447. The molecule has 1 aromatic heterocycles. The number of ether oxygens (including phenoxy) is 1. The lowest BCUT2D eigenvalue weighted by Gasteiger charge is -2.20. The van der Waals surface area contributed by atoms with E-state index < -0.39 is 18.2 Å². The molecule has 0 aliphatic rings. The molecule has 0 fully saturated rings. The van der Waals surface area contributed by atoms with E-state index in [0.717, 1.165) is 41.8 Å². The van der Waals surface area contributed by atoms with Crippen LogP contribution in [-0.4, -0.2) is 45.0 Å². The number of halogens is 1. The van der Waals surface area contributed by atoms with Crippen molar-refractivity contribution in [3.05, 3.63) is 102 Å². The van der Waals surface area contributed by atoms with Crippen LogP contribution < -0.4 is 5.32 Å². The van der Waals surface area contributed by atoms with E-state index in [2.05, 4.69) is 12.2 Å². The topological polar surface area (TPSA) is 101 Å². The summed E-state index contributed by atoms with van der Waals surface area (Å²) in [5.41, 5.74) is 4.93. The second-order valence-corrected chi connectivity index (χ2v) is 12.5. The SMILES string of the molecule is CCCCC(C)OC(=O)C[C@H](O)C[C@H](O)CCn1c(-c2ccc(F)cc2)c(-c2ccccc2)c(C(=O)Nc2ccccc2)c1C(C)C. The van der Waals surface area contributed by atoms with Crippen molar-refractivity contribution in [1.29, 1.82) is 0 Å². The second kappa shape index (κ2) is 17.0. The quantitative estimate of drug-likeness (QED) is 0.107. The van der Waals surface area contributed by atoms with Crippen molar-refractivity contribution in [2.75, 3.05) is 5.32 Å². The molecule has 4 rings (SSSR count). The molecular formula is C39H47FN2O5. The normalized spacial score (nSPS) is 13.3. The Kier molecular flexibility index (Phi) is 12.9. The molecule has 8 heteroatoms. The Morgan fingerprint density at radius 3 is 2.11 bits per heavy atom. The number of esters is 1. The zero-order valence-corrected chi connectivity index (χ0v) is 27.8. The lowest BCUT2D eigenvalue weighted by molar-refractivity contribution is -0.151. The zero-order valence-electron chi connectivity index (χ0n) is 27.8. The highest BCUT2D eigenvalue weighted by Gasteiger charge is 2.31. The van der Waals surface area contributed by atoms with E-state index in [1.54, 1.807) is 12.1 Å². The average Bonchev–Trinajstić information content (AvgIpc) is 3.39. The number of benzene rings is 3. The van der Waals surface area contributed by atoms with Gasteiger partial charge in [0.25, 0.3) is 5.91 Å². The molecule has 0 saturated heterocycles. The number of unbranched alkanes of at least 4 members (excludes halogenated alkanes) is 1. The van der Waals surface area contributed by atoms with Crippen LogP contribution in [-0.2, 0) is 16.1 Å². The number of aromatic nitrogens is 1. The van der Waals surface area contributed by atoms with Gasteiger partial charge in [0.15, 0.2) is 0 Å². The van der Waals surface area contributed by atoms with Crippen LogP contribution in [0.4, 0.5) is 10.1 Å². The summed E-state index contributed by atoms with van der Waals surface area (Å²) < 4.78 is 21.6. The number of aliphatic hydroxyl groups excluding tert-OH is 2. The summed E-state index contributed by atoms with van der Waals surface area (Å²) >= 11 is 0. The molecular weight excluding hydrogens is 595 g/mol. The number of amides is 1. The van der Waals surface area contributed by atoms with Crippen LogP contribution in [0.25, 0.3) is 22.4 Å².